The van der Waals surface area contributed by atoms with E-state index in [-0.39, 0.29) is 0 Å². The number of hydrogen-bond acceptors (Lipinski definition) is 4. The second kappa shape index (κ2) is 6.54. The van der Waals surface area contributed by atoms with Crippen molar-refractivity contribution in [3.8, 4) is 11.5 Å². The Bertz CT molecular complexity index is 998. The molecule has 1 N–H and O–H groups in total. The quantitative estimate of drug-likeness (QED) is 0.440. The van der Waals surface area contributed by atoms with Gasteiger partial charge in [0, 0.05) is 5.56 Å². The predicted molar refractivity (Wildman–Crippen MR) is 107 cm³/mol. The minimum absolute atomic E-state index is 0.932. The van der Waals surface area contributed by atoms with Gasteiger partial charge in [-0.25, -0.2) is 0 Å². The van der Waals surface area contributed by atoms with Crippen LogP contribution in [-0.2, 0) is 6.42 Å². The second-order valence-electron chi connectivity index (χ2n) is 6.50. The topological polar surface area (TPSA) is 33.6 Å². The molecule has 0 saturated heterocycles. The zero-order valence-corrected chi connectivity index (χ0v) is 15.1. The van der Waals surface area contributed by atoms with Gasteiger partial charge in [0.05, 0.1) is 21.2 Å². The molecule has 128 valence electrons. The Morgan fingerprint density at radius 3 is 2.62 bits per heavy atom. The van der Waals surface area contributed by atoms with Gasteiger partial charge in [-0.2, -0.15) is 5.10 Å². The molecule has 0 spiro atoms. The molecular weight excluding hydrogens is 340 g/mol. The fraction of sp³-hybridized carbons (Fsp3) is 0.136. The van der Waals surface area contributed by atoms with Crippen molar-refractivity contribution >= 4 is 23.2 Å². The molecule has 2 aliphatic rings. The van der Waals surface area contributed by atoms with Crippen LogP contribution in [-0.4, -0.2) is 5.71 Å². The van der Waals surface area contributed by atoms with Crippen LogP contribution in [0.2, 0.25) is 0 Å². The molecule has 0 bridgehead atoms. The molecule has 0 radical (unpaired) electrons. The molecule has 4 heteroatoms. The van der Waals surface area contributed by atoms with Crippen molar-refractivity contribution in [3.05, 3.63) is 77.9 Å². The second-order valence-corrected chi connectivity index (χ2v) is 7.58. The largest absolute Gasteiger partial charge is 0.455 e. The van der Waals surface area contributed by atoms with Gasteiger partial charge in [-0.1, -0.05) is 42.1 Å². The highest BCUT2D eigenvalue weighted by molar-refractivity contribution is 7.99. The monoisotopic (exact) mass is 358 g/mol. The van der Waals surface area contributed by atoms with Crippen LogP contribution in [0.5, 0.6) is 11.5 Å². The smallest absolute Gasteiger partial charge is 0.142 e. The molecule has 5 rings (SSSR count). The number of nitrogens with one attached hydrogen (secondary N) is 1. The summed E-state index contributed by atoms with van der Waals surface area (Å²) in [5.74, 6) is 1.86. The van der Waals surface area contributed by atoms with Crippen LogP contribution < -0.4 is 10.2 Å². The summed E-state index contributed by atoms with van der Waals surface area (Å²) in [5, 5.41) is 4.69. The molecule has 0 amide bonds. The minimum Gasteiger partial charge on any atom is -0.455 e. The number of anilines is 1. The number of hydrazone groups is 1. The Morgan fingerprint density at radius 1 is 0.846 bits per heavy atom. The summed E-state index contributed by atoms with van der Waals surface area (Å²) < 4.78 is 6.16. The first-order chi connectivity index (χ1) is 12.9. The summed E-state index contributed by atoms with van der Waals surface area (Å²) in [4.78, 5) is 2.37. The van der Waals surface area contributed by atoms with Gasteiger partial charge in [-0.3, -0.25) is 5.43 Å². The van der Waals surface area contributed by atoms with E-state index in [0.717, 1.165) is 42.2 Å². The molecule has 0 atom stereocenters. The van der Waals surface area contributed by atoms with E-state index in [9.17, 15) is 0 Å². The van der Waals surface area contributed by atoms with Crippen LogP contribution in [0.3, 0.4) is 0 Å². The third-order valence-corrected chi connectivity index (χ3v) is 5.82. The first-order valence-corrected chi connectivity index (χ1v) is 9.68. The number of ether oxygens (including phenoxy) is 1. The number of aryl methyl sites for hydroxylation is 1. The highest BCUT2D eigenvalue weighted by atomic mass is 32.2. The summed E-state index contributed by atoms with van der Waals surface area (Å²) in [6, 6.07) is 22.7. The molecule has 26 heavy (non-hydrogen) atoms. The lowest BCUT2D eigenvalue weighted by Gasteiger charge is -2.24. The summed E-state index contributed by atoms with van der Waals surface area (Å²) in [7, 11) is 0. The van der Waals surface area contributed by atoms with Crippen LogP contribution in [0.25, 0.3) is 0 Å². The third kappa shape index (κ3) is 2.86. The van der Waals surface area contributed by atoms with Crippen molar-refractivity contribution in [1.82, 2.24) is 0 Å². The first kappa shape index (κ1) is 15.5. The lowest BCUT2D eigenvalue weighted by molar-refractivity contribution is 0.454. The van der Waals surface area contributed by atoms with Crippen molar-refractivity contribution in [2.45, 2.75) is 29.1 Å². The number of benzene rings is 3. The normalized spacial score (nSPS) is 16.2. The average molecular weight is 358 g/mol. The molecule has 3 aromatic rings. The summed E-state index contributed by atoms with van der Waals surface area (Å²) in [5.41, 5.74) is 7.87. The van der Waals surface area contributed by atoms with Gasteiger partial charge >= 0.3 is 0 Å². The number of nitrogens with zero attached hydrogens (tertiary/aromatic N) is 1. The Hall–Kier alpha value is -2.72. The molecule has 0 fully saturated rings. The Kier molecular flexibility index (Phi) is 3.91. The van der Waals surface area contributed by atoms with Crippen molar-refractivity contribution in [3.63, 3.8) is 0 Å². The van der Waals surface area contributed by atoms with Crippen molar-refractivity contribution in [2.24, 2.45) is 5.10 Å². The fourth-order valence-corrected chi connectivity index (χ4v) is 4.43. The predicted octanol–water partition coefficient (Wildman–Crippen LogP) is 6.10. The van der Waals surface area contributed by atoms with Crippen LogP contribution in [0.15, 0.2) is 81.6 Å². The van der Waals surface area contributed by atoms with Gasteiger partial charge in [0.1, 0.15) is 11.5 Å². The van der Waals surface area contributed by atoms with Crippen molar-refractivity contribution < 1.29 is 4.74 Å². The number of fused-ring (bicyclic) bond motifs is 3. The van der Waals surface area contributed by atoms with Crippen LogP contribution in [0, 0.1) is 0 Å². The third-order valence-electron chi connectivity index (χ3n) is 4.72. The average Bonchev–Trinajstić information content (AvgIpc) is 2.70. The highest BCUT2D eigenvalue weighted by Gasteiger charge is 2.23. The Balaban J connectivity index is 1.50. The maximum atomic E-state index is 6.16. The zero-order chi connectivity index (χ0) is 17.3. The van der Waals surface area contributed by atoms with Crippen LogP contribution in [0.1, 0.15) is 24.0 Å². The maximum Gasteiger partial charge on any atom is 0.142 e. The molecule has 3 nitrogen and oxygen atoms in total. The molecule has 0 aromatic heterocycles. The van der Waals surface area contributed by atoms with Gasteiger partial charge in [-0.05, 0) is 61.2 Å². The molecule has 1 aliphatic carbocycles. The molecule has 1 heterocycles. The molecule has 3 aromatic carbocycles. The number of hydrogen-bond donors (Lipinski definition) is 1. The lowest BCUT2D eigenvalue weighted by Crippen LogP contribution is -2.14. The van der Waals surface area contributed by atoms with Gasteiger partial charge in [-0.15, -0.1) is 0 Å². The van der Waals surface area contributed by atoms with E-state index >= 15 is 0 Å². The van der Waals surface area contributed by atoms with Gasteiger partial charge in [0.25, 0.3) is 0 Å². The first-order valence-electron chi connectivity index (χ1n) is 8.86. The maximum absolute atomic E-state index is 6.16. The summed E-state index contributed by atoms with van der Waals surface area (Å²) in [6.45, 7) is 0. The minimum atomic E-state index is 0.932. The molecule has 0 saturated carbocycles. The van der Waals surface area contributed by atoms with Crippen LogP contribution in [0.4, 0.5) is 5.69 Å². The Morgan fingerprint density at radius 2 is 1.69 bits per heavy atom. The van der Waals surface area contributed by atoms with E-state index in [4.69, 9.17) is 9.84 Å². The van der Waals surface area contributed by atoms with E-state index in [1.807, 2.05) is 42.5 Å². The van der Waals surface area contributed by atoms with Gasteiger partial charge in [0.2, 0.25) is 0 Å². The highest BCUT2D eigenvalue weighted by Crippen LogP contribution is 2.48. The lowest BCUT2D eigenvalue weighted by atomic mass is 9.90. The summed E-state index contributed by atoms with van der Waals surface area (Å²) in [6.07, 6.45) is 3.20. The van der Waals surface area contributed by atoms with E-state index in [0.29, 0.717) is 0 Å². The zero-order valence-electron chi connectivity index (χ0n) is 14.2. The van der Waals surface area contributed by atoms with E-state index in [1.54, 1.807) is 11.8 Å². The summed E-state index contributed by atoms with van der Waals surface area (Å²) >= 11 is 1.79. The fourth-order valence-electron chi connectivity index (χ4n) is 3.43. The standard InChI is InChI=1S/C22H18N2OS/c1-2-8-16(9-3-1)23-24-18-10-6-7-15-13-22-20(14-17(15)18)25-19-11-4-5-12-21(19)26-22/h1-5,8-9,11-14,23H,6-7,10H2/b24-18+. The molecular formula is C22H18N2OS. The molecule has 1 aliphatic heterocycles. The van der Waals surface area contributed by atoms with Crippen LogP contribution >= 0.6 is 11.8 Å². The van der Waals surface area contributed by atoms with Gasteiger partial charge < -0.3 is 4.74 Å². The van der Waals surface area contributed by atoms with Gasteiger partial charge in [0.15, 0.2) is 0 Å². The Labute approximate surface area is 157 Å². The SMILES string of the molecule is c1ccc(N/N=C2\CCCc3cc4c(cc32)Oc2ccccc2S4)cc1. The number of para-hydroxylation sites is 2. The van der Waals surface area contributed by atoms with E-state index < -0.39 is 0 Å². The molecule has 0 unspecified atom stereocenters. The van der Waals surface area contributed by atoms with E-state index in [2.05, 4.69) is 29.7 Å². The van der Waals surface area contributed by atoms with E-state index in [1.165, 1.54) is 20.9 Å². The van der Waals surface area contributed by atoms with Crippen molar-refractivity contribution in [1.29, 1.82) is 0 Å². The number of rotatable bonds is 2. The van der Waals surface area contributed by atoms with Crippen molar-refractivity contribution in [2.75, 3.05) is 5.43 Å².